The van der Waals surface area contributed by atoms with Gasteiger partial charge in [0.25, 0.3) is 0 Å². The molecule has 0 unspecified atom stereocenters. The summed E-state index contributed by atoms with van der Waals surface area (Å²) >= 11 is 1.46. The number of amides is 2. The molecule has 0 saturated heterocycles. The molecule has 1 aliphatic carbocycles. The van der Waals surface area contributed by atoms with Gasteiger partial charge in [-0.1, -0.05) is 19.9 Å². The smallest absolute Gasteiger partial charge is 0.319 e. The van der Waals surface area contributed by atoms with E-state index >= 15 is 0 Å². The highest BCUT2D eigenvalue weighted by molar-refractivity contribution is 7.99. The first kappa shape index (κ1) is 19.5. The number of nitrogens with zero attached hydrogens (tertiary/aromatic N) is 1. The number of para-hydroxylation sites is 1. The summed E-state index contributed by atoms with van der Waals surface area (Å²) < 4.78 is 14.0. The Hall–Kier alpha value is -1.80. The van der Waals surface area contributed by atoms with Crippen LogP contribution in [0.5, 0.6) is 0 Å². The van der Waals surface area contributed by atoms with Crippen molar-refractivity contribution >= 4 is 29.4 Å². The van der Waals surface area contributed by atoms with E-state index < -0.39 is 17.8 Å². The summed E-state index contributed by atoms with van der Waals surface area (Å²) in [7, 11) is 0. The van der Waals surface area contributed by atoms with Crippen LogP contribution in [0, 0.1) is 5.82 Å². The van der Waals surface area contributed by atoms with Crippen LogP contribution in [0.25, 0.3) is 0 Å². The Kier molecular flexibility index (Phi) is 7.07. The van der Waals surface area contributed by atoms with E-state index in [0.29, 0.717) is 24.3 Å². The van der Waals surface area contributed by atoms with Crippen molar-refractivity contribution < 1.29 is 19.1 Å². The minimum Gasteiger partial charge on any atom is -0.480 e. The number of halogens is 1. The van der Waals surface area contributed by atoms with Crippen LogP contribution in [0.15, 0.2) is 23.1 Å². The average molecular weight is 369 g/mol. The van der Waals surface area contributed by atoms with Crippen LogP contribution >= 0.6 is 11.8 Å². The van der Waals surface area contributed by atoms with Gasteiger partial charge in [0.2, 0.25) is 0 Å². The van der Waals surface area contributed by atoms with Gasteiger partial charge in [-0.2, -0.15) is 0 Å². The Morgan fingerprint density at radius 1 is 1.36 bits per heavy atom. The maximum absolute atomic E-state index is 14.0. The summed E-state index contributed by atoms with van der Waals surface area (Å²) in [5.74, 6) is -0.532. The Balaban J connectivity index is 1.86. The van der Waals surface area contributed by atoms with Gasteiger partial charge in [-0.15, -0.1) is 11.8 Å². The number of carbonyl (C=O) groups is 2. The average Bonchev–Trinajstić information content (AvgIpc) is 2.52. The lowest BCUT2D eigenvalue weighted by molar-refractivity contribution is -0.139. The van der Waals surface area contributed by atoms with Gasteiger partial charge in [0.15, 0.2) is 0 Å². The van der Waals surface area contributed by atoms with Gasteiger partial charge in [-0.3, -0.25) is 9.69 Å². The summed E-state index contributed by atoms with van der Waals surface area (Å²) in [5.41, 5.74) is 0.198. The molecule has 0 atom stereocenters. The molecule has 1 saturated carbocycles. The van der Waals surface area contributed by atoms with Crippen LogP contribution in [0.1, 0.15) is 26.7 Å². The fourth-order valence-electron chi connectivity index (χ4n) is 2.91. The van der Waals surface area contributed by atoms with E-state index in [4.69, 9.17) is 5.11 Å². The topological polar surface area (TPSA) is 81.7 Å². The fraction of sp³-hybridized carbons (Fsp3) is 0.529. The molecular weight excluding hydrogens is 345 g/mol. The van der Waals surface area contributed by atoms with Crippen molar-refractivity contribution in [2.75, 3.05) is 24.2 Å². The maximum Gasteiger partial charge on any atom is 0.319 e. The van der Waals surface area contributed by atoms with E-state index in [9.17, 15) is 14.0 Å². The SMILES string of the molecule is CCSc1cccc(F)c1NC(=O)NC1CC(N(CC)CC(=O)O)C1. The molecule has 2 amide bonds. The molecule has 3 N–H and O–H groups in total. The molecule has 138 valence electrons. The summed E-state index contributed by atoms with van der Waals surface area (Å²) in [6.07, 6.45) is 1.39. The third-order valence-corrected chi connectivity index (χ3v) is 5.16. The summed E-state index contributed by atoms with van der Waals surface area (Å²) in [5, 5.41) is 14.3. The molecule has 1 aliphatic rings. The van der Waals surface area contributed by atoms with Crippen molar-refractivity contribution in [3.05, 3.63) is 24.0 Å². The summed E-state index contributed by atoms with van der Waals surface area (Å²) in [6, 6.07) is 4.41. The van der Waals surface area contributed by atoms with Crippen molar-refractivity contribution in [2.24, 2.45) is 0 Å². The van der Waals surface area contributed by atoms with E-state index in [1.165, 1.54) is 17.8 Å². The molecule has 1 aromatic rings. The molecule has 0 bridgehead atoms. The number of carbonyl (C=O) groups excluding carboxylic acids is 1. The summed E-state index contributed by atoms with van der Waals surface area (Å²) in [4.78, 5) is 25.6. The largest absolute Gasteiger partial charge is 0.480 e. The highest BCUT2D eigenvalue weighted by Gasteiger charge is 2.34. The first-order valence-corrected chi connectivity index (χ1v) is 9.37. The molecule has 2 rings (SSSR count). The minimum atomic E-state index is -0.850. The number of likely N-dealkylation sites (N-methyl/N-ethyl adjacent to an activating group) is 1. The van der Waals surface area contributed by atoms with Gasteiger partial charge in [-0.05, 0) is 37.3 Å². The number of hydrogen-bond donors (Lipinski definition) is 3. The number of benzene rings is 1. The third-order valence-electron chi connectivity index (χ3n) is 4.22. The Morgan fingerprint density at radius 3 is 2.68 bits per heavy atom. The van der Waals surface area contributed by atoms with Crippen molar-refractivity contribution in [2.45, 2.75) is 43.7 Å². The van der Waals surface area contributed by atoms with Crippen LogP contribution in [0.3, 0.4) is 0 Å². The second kappa shape index (κ2) is 9.05. The number of aliphatic carboxylic acids is 1. The van der Waals surface area contributed by atoms with Gasteiger partial charge in [0.1, 0.15) is 5.82 Å². The number of urea groups is 1. The molecule has 6 nitrogen and oxygen atoms in total. The van der Waals surface area contributed by atoms with Crippen molar-refractivity contribution in [1.82, 2.24) is 10.2 Å². The molecule has 0 aliphatic heterocycles. The Labute approximate surface area is 151 Å². The number of hydrogen-bond acceptors (Lipinski definition) is 4. The number of rotatable bonds is 8. The number of anilines is 1. The van der Waals surface area contributed by atoms with Crippen molar-refractivity contribution in [3.63, 3.8) is 0 Å². The monoisotopic (exact) mass is 369 g/mol. The third kappa shape index (κ3) is 5.34. The summed E-state index contributed by atoms with van der Waals surface area (Å²) in [6.45, 7) is 4.54. The number of carboxylic acid groups (broad SMARTS) is 1. The lowest BCUT2D eigenvalue weighted by atomic mass is 9.85. The zero-order valence-electron chi connectivity index (χ0n) is 14.4. The highest BCUT2D eigenvalue weighted by Crippen LogP contribution is 2.30. The van der Waals surface area contributed by atoms with Crippen LogP contribution in [-0.4, -0.2) is 52.9 Å². The number of thioether (sulfide) groups is 1. The second-order valence-corrected chi connectivity index (χ2v) is 7.23. The zero-order valence-corrected chi connectivity index (χ0v) is 15.2. The fourth-order valence-corrected chi connectivity index (χ4v) is 3.69. The molecule has 1 aromatic carbocycles. The van der Waals surface area contributed by atoms with E-state index in [1.54, 1.807) is 12.1 Å². The molecule has 0 spiro atoms. The highest BCUT2D eigenvalue weighted by atomic mass is 32.2. The molecule has 25 heavy (non-hydrogen) atoms. The van der Waals surface area contributed by atoms with Crippen molar-refractivity contribution in [1.29, 1.82) is 0 Å². The van der Waals surface area contributed by atoms with E-state index in [0.717, 1.165) is 5.75 Å². The van der Waals surface area contributed by atoms with Gasteiger partial charge < -0.3 is 15.7 Å². The molecule has 0 heterocycles. The van der Waals surface area contributed by atoms with Gasteiger partial charge in [0, 0.05) is 17.0 Å². The number of nitrogens with one attached hydrogen (secondary N) is 2. The molecule has 0 aromatic heterocycles. The second-order valence-electron chi connectivity index (χ2n) is 5.92. The predicted octanol–water partition coefficient (Wildman–Crippen LogP) is 3.00. The standard InChI is InChI=1S/C17H24FN3O3S/c1-3-21(10-15(22)23)12-8-11(9-12)19-17(24)20-16-13(18)6-5-7-14(16)25-4-2/h5-7,11-12H,3-4,8-10H2,1-2H3,(H,22,23)(H2,19,20,24). The van der Waals surface area contributed by atoms with Crippen LogP contribution in [0.4, 0.5) is 14.9 Å². The zero-order chi connectivity index (χ0) is 18.4. The van der Waals surface area contributed by atoms with Crippen LogP contribution in [0.2, 0.25) is 0 Å². The Morgan fingerprint density at radius 2 is 2.08 bits per heavy atom. The first-order chi connectivity index (χ1) is 11.9. The maximum atomic E-state index is 14.0. The van der Waals surface area contributed by atoms with Gasteiger partial charge in [0.05, 0.1) is 12.2 Å². The lowest BCUT2D eigenvalue weighted by Crippen LogP contribution is -2.55. The van der Waals surface area contributed by atoms with Gasteiger partial charge in [-0.25, -0.2) is 9.18 Å². The first-order valence-electron chi connectivity index (χ1n) is 8.39. The molecule has 8 heteroatoms. The molecule has 0 radical (unpaired) electrons. The van der Waals surface area contributed by atoms with Gasteiger partial charge >= 0.3 is 12.0 Å². The van der Waals surface area contributed by atoms with Crippen LogP contribution in [-0.2, 0) is 4.79 Å². The van der Waals surface area contributed by atoms with Crippen molar-refractivity contribution in [3.8, 4) is 0 Å². The van der Waals surface area contributed by atoms with Crippen LogP contribution < -0.4 is 10.6 Å². The lowest BCUT2D eigenvalue weighted by Gasteiger charge is -2.42. The predicted molar refractivity (Wildman–Crippen MR) is 96.6 cm³/mol. The normalized spacial score (nSPS) is 19.4. The minimum absolute atomic E-state index is 0.00686. The molecular formula is C17H24FN3O3S. The van der Waals surface area contributed by atoms with E-state index in [1.807, 2.05) is 18.7 Å². The van der Waals surface area contributed by atoms with E-state index in [-0.39, 0.29) is 24.3 Å². The van der Waals surface area contributed by atoms with E-state index in [2.05, 4.69) is 10.6 Å². The quantitative estimate of drug-likeness (QED) is 0.614. The Bertz CT molecular complexity index is 623. The molecule has 1 fully saturated rings. The number of carboxylic acids is 1.